The van der Waals surface area contributed by atoms with E-state index >= 15 is 0 Å². The average molecular weight is 283 g/mol. The van der Waals surface area contributed by atoms with Gasteiger partial charge in [0, 0.05) is 24.0 Å². The number of benzene rings is 1. The lowest BCUT2D eigenvalue weighted by Gasteiger charge is -2.08. The molecule has 0 atom stereocenters. The first-order valence-corrected chi connectivity index (χ1v) is 7.20. The lowest BCUT2D eigenvalue weighted by Crippen LogP contribution is -2.28. The van der Waals surface area contributed by atoms with Crippen molar-refractivity contribution in [2.75, 3.05) is 13.1 Å². The van der Waals surface area contributed by atoms with Gasteiger partial charge >= 0.3 is 0 Å². The molecule has 1 amide bonds. The number of hydrogen-bond acceptors (Lipinski definition) is 2. The van der Waals surface area contributed by atoms with E-state index in [9.17, 15) is 4.79 Å². The monoisotopic (exact) mass is 282 g/mol. The number of carbonyl (C=O) groups is 1. The molecule has 1 aromatic rings. The van der Waals surface area contributed by atoms with Crippen LogP contribution in [0.5, 0.6) is 0 Å². The van der Waals surface area contributed by atoms with Crippen LogP contribution in [0.3, 0.4) is 0 Å². The molecular weight excluding hydrogens is 260 g/mol. The van der Waals surface area contributed by atoms with E-state index in [1.807, 2.05) is 24.3 Å². The van der Waals surface area contributed by atoms with E-state index < -0.39 is 0 Å². The summed E-state index contributed by atoms with van der Waals surface area (Å²) in [5.41, 5.74) is 1.19. The van der Waals surface area contributed by atoms with Gasteiger partial charge in [0.15, 0.2) is 0 Å². The SMILES string of the molecule is CC(C)NCCCC(=O)NCCc1ccc(Cl)cc1. The van der Waals surface area contributed by atoms with Gasteiger partial charge in [-0.2, -0.15) is 0 Å². The van der Waals surface area contributed by atoms with Gasteiger partial charge < -0.3 is 10.6 Å². The van der Waals surface area contributed by atoms with E-state index in [1.165, 1.54) is 5.56 Å². The topological polar surface area (TPSA) is 41.1 Å². The molecule has 0 heterocycles. The van der Waals surface area contributed by atoms with Crippen LogP contribution in [0.15, 0.2) is 24.3 Å². The molecule has 1 rings (SSSR count). The van der Waals surface area contributed by atoms with E-state index in [0.717, 1.165) is 24.4 Å². The molecule has 0 saturated heterocycles. The maximum atomic E-state index is 11.6. The molecule has 3 nitrogen and oxygen atoms in total. The summed E-state index contributed by atoms with van der Waals surface area (Å²) in [6.45, 7) is 5.78. The molecule has 0 aliphatic rings. The van der Waals surface area contributed by atoms with Crippen molar-refractivity contribution in [3.8, 4) is 0 Å². The molecule has 1 aromatic carbocycles. The highest BCUT2D eigenvalue weighted by molar-refractivity contribution is 6.30. The van der Waals surface area contributed by atoms with Gasteiger partial charge in [0.1, 0.15) is 0 Å². The maximum Gasteiger partial charge on any atom is 0.220 e. The molecular formula is C15H23ClN2O. The van der Waals surface area contributed by atoms with Gasteiger partial charge in [-0.15, -0.1) is 0 Å². The first-order chi connectivity index (χ1) is 9.08. The fourth-order valence-electron chi connectivity index (χ4n) is 1.73. The van der Waals surface area contributed by atoms with Gasteiger partial charge in [-0.1, -0.05) is 37.6 Å². The van der Waals surface area contributed by atoms with Crippen LogP contribution in [-0.2, 0) is 11.2 Å². The smallest absolute Gasteiger partial charge is 0.220 e. The van der Waals surface area contributed by atoms with Crippen molar-refractivity contribution >= 4 is 17.5 Å². The molecule has 4 heteroatoms. The molecule has 0 spiro atoms. The van der Waals surface area contributed by atoms with Gasteiger partial charge in [0.2, 0.25) is 5.91 Å². The predicted molar refractivity (Wildman–Crippen MR) is 80.5 cm³/mol. The van der Waals surface area contributed by atoms with E-state index in [-0.39, 0.29) is 5.91 Å². The van der Waals surface area contributed by atoms with E-state index in [1.54, 1.807) is 0 Å². The second-order valence-corrected chi connectivity index (χ2v) is 5.38. The first-order valence-electron chi connectivity index (χ1n) is 6.82. The summed E-state index contributed by atoms with van der Waals surface area (Å²) in [6, 6.07) is 8.20. The number of nitrogens with one attached hydrogen (secondary N) is 2. The van der Waals surface area contributed by atoms with Gasteiger partial charge in [-0.25, -0.2) is 0 Å². The highest BCUT2D eigenvalue weighted by atomic mass is 35.5. The Morgan fingerprint density at radius 3 is 2.53 bits per heavy atom. The lowest BCUT2D eigenvalue weighted by atomic mass is 10.1. The fourth-order valence-corrected chi connectivity index (χ4v) is 1.85. The zero-order valence-electron chi connectivity index (χ0n) is 11.7. The third-order valence-corrected chi connectivity index (χ3v) is 3.03. The van der Waals surface area contributed by atoms with Crippen LogP contribution in [0.1, 0.15) is 32.3 Å². The molecule has 0 bridgehead atoms. The summed E-state index contributed by atoms with van der Waals surface area (Å²) in [5, 5.41) is 6.97. The van der Waals surface area contributed by atoms with E-state index in [4.69, 9.17) is 11.6 Å². The minimum atomic E-state index is 0.125. The lowest BCUT2D eigenvalue weighted by molar-refractivity contribution is -0.121. The van der Waals surface area contributed by atoms with Gasteiger partial charge in [-0.3, -0.25) is 4.79 Å². The van der Waals surface area contributed by atoms with Crippen molar-refractivity contribution in [1.29, 1.82) is 0 Å². The standard InChI is InChI=1S/C15H23ClN2O/c1-12(2)17-10-3-4-15(19)18-11-9-13-5-7-14(16)8-6-13/h5-8,12,17H,3-4,9-11H2,1-2H3,(H,18,19). The molecule has 0 aliphatic heterocycles. The van der Waals surface area contributed by atoms with Crippen LogP contribution in [0.2, 0.25) is 5.02 Å². The second kappa shape index (κ2) is 8.94. The summed E-state index contributed by atoms with van der Waals surface area (Å²) in [5.74, 6) is 0.125. The fraction of sp³-hybridized carbons (Fsp3) is 0.533. The summed E-state index contributed by atoms with van der Waals surface area (Å²) >= 11 is 5.81. The Kier molecular flexibility index (Phi) is 7.53. The summed E-state index contributed by atoms with van der Waals surface area (Å²) < 4.78 is 0. The minimum Gasteiger partial charge on any atom is -0.356 e. The Balaban J connectivity index is 2.08. The summed E-state index contributed by atoms with van der Waals surface area (Å²) in [6.07, 6.45) is 2.30. The van der Waals surface area contributed by atoms with Crippen molar-refractivity contribution in [3.63, 3.8) is 0 Å². The van der Waals surface area contributed by atoms with E-state index in [0.29, 0.717) is 19.0 Å². The molecule has 0 fully saturated rings. The minimum absolute atomic E-state index is 0.125. The normalized spacial score (nSPS) is 10.7. The third kappa shape index (κ3) is 7.85. The largest absolute Gasteiger partial charge is 0.356 e. The zero-order chi connectivity index (χ0) is 14.1. The van der Waals surface area contributed by atoms with Crippen molar-refractivity contribution in [1.82, 2.24) is 10.6 Å². The van der Waals surface area contributed by atoms with Crippen LogP contribution in [-0.4, -0.2) is 25.0 Å². The van der Waals surface area contributed by atoms with Gasteiger partial charge in [-0.05, 0) is 37.1 Å². The highest BCUT2D eigenvalue weighted by Crippen LogP contribution is 2.09. The van der Waals surface area contributed by atoms with Crippen molar-refractivity contribution < 1.29 is 4.79 Å². The quantitative estimate of drug-likeness (QED) is 0.720. The molecule has 2 N–H and O–H groups in total. The second-order valence-electron chi connectivity index (χ2n) is 4.94. The highest BCUT2D eigenvalue weighted by Gasteiger charge is 2.01. The summed E-state index contributed by atoms with van der Waals surface area (Å²) in [4.78, 5) is 11.6. The van der Waals surface area contributed by atoms with Crippen molar-refractivity contribution in [2.24, 2.45) is 0 Å². The zero-order valence-corrected chi connectivity index (χ0v) is 12.5. The summed E-state index contributed by atoms with van der Waals surface area (Å²) in [7, 11) is 0. The molecule has 0 unspecified atom stereocenters. The molecule has 0 aromatic heterocycles. The van der Waals surface area contributed by atoms with E-state index in [2.05, 4.69) is 24.5 Å². The van der Waals surface area contributed by atoms with Crippen LogP contribution in [0.25, 0.3) is 0 Å². The number of rotatable bonds is 8. The van der Waals surface area contributed by atoms with Crippen molar-refractivity contribution in [3.05, 3.63) is 34.9 Å². The van der Waals surface area contributed by atoms with Crippen molar-refractivity contribution in [2.45, 2.75) is 39.2 Å². The number of amides is 1. The number of hydrogen-bond donors (Lipinski definition) is 2. The number of carbonyl (C=O) groups excluding carboxylic acids is 1. The third-order valence-electron chi connectivity index (χ3n) is 2.78. The van der Waals surface area contributed by atoms with Gasteiger partial charge in [0.05, 0.1) is 0 Å². The molecule has 106 valence electrons. The molecule has 0 aliphatic carbocycles. The van der Waals surface area contributed by atoms with Crippen LogP contribution in [0, 0.1) is 0 Å². The number of halogens is 1. The maximum absolute atomic E-state index is 11.6. The Morgan fingerprint density at radius 1 is 1.21 bits per heavy atom. The Bertz CT molecular complexity index is 376. The first kappa shape index (κ1) is 16.0. The van der Waals surface area contributed by atoms with Crippen LogP contribution < -0.4 is 10.6 Å². The average Bonchev–Trinajstić information content (AvgIpc) is 2.37. The predicted octanol–water partition coefficient (Wildman–Crippen LogP) is 2.78. The molecule has 19 heavy (non-hydrogen) atoms. The van der Waals surface area contributed by atoms with Crippen LogP contribution in [0.4, 0.5) is 0 Å². The Morgan fingerprint density at radius 2 is 1.89 bits per heavy atom. The Hall–Kier alpha value is -1.06. The van der Waals surface area contributed by atoms with Crippen LogP contribution >= 0.6 is 11.6 Å². The Labute approximate surface area is 120 Å². The van der Waals surface area contributed by atoms with Gasteiger partial charge in [0.25, 0.3) is 0 Å². The molecule has 0 radical (unpaired) electrons. The molecule has 0 saturated carbocycles.